The average Bonchev–Trinajstić information content (AvgIpc) is 2.89. The fourth-order valence-corrected chi connectivity index (χ4v) is 1.80. The highest BCUT2D eigenvalue weighted by Crippen LogP contribution is 2.17. The lowest BCUT2D eigenvalue weighted by Crippen LogP contribution is -1.91. The predicted molar refractivity (Wildman–Crippen MR) is 76.0 cm³/mol. The van der Waals surface area contributed by atoms with Gasteiger partial charge in [0.2, 0.25) is 0 Å². The fourth-order valence-electron chi connectivity index (χ4n) is 1.80. The first-order valence-corrected chi connectivity index (χ1v) is 6.10. The summed E-state index contributed by atoms with van der Waals surface area (Å²) in [5.74, 6) is -0.780. The van der Waals surface area contributed by atoms with Gasteiger partial charge in [0.05, 0.1) is 11.0 Å². The van der Waals surface area contributed by atoms with Gasteiger partial charge in [0.1, 0.15) is 11.6 Å². The topological polar surface area (TPSA) is 58.9 Å². The molecule has 3 aromatic rings. The Morgan fingerprint density at radius 2 is 1.71 bits per heavy atom. The molecule has 108 valence electrons. The standard InChI is InChI=1S/C8H6FN.C7H6FNO2/c9-7-2-1-6-3-4-10-8(6)5-7;1-5-2-3-6(8)4-7(5)9(10)11/h1-5,10H;2-4H,1H3. The van der Waals surface area contributed by atoms with Crippen LogP contribution in [0.3, 0.4) is 0 Å². The van der Waals surface area contributed by atoms with Gasteiger partial charge in [-0.25, -0.2) is 8.78 Å². The first-order chi connectivity index (χ1) is 9.97. The van der Waals surface area contributed by atoms with Gasteiger partial charge < -0.3 is 4.98 Å². The lowest BCUT2D eigenvalue weighted by Gasteiger charge is -1.94. The number of nitrogens with zero attached hydrogens (tertiary/aromatic N) is 1. The van der Waals surface area contributed by atoms with E-state index in [0.29, 0.717) is 5.56 Å². The minimum absolute atomic E-state index is 0.176. The summed E-state index contributed by atoms with van der Waals surface area (Å²) in [5, 5.41) is 11.3. The molecule has 0 spiro atoms. The molecule has 2 aromatic carbocycles. The van der Waals surface area contributed by atoms with Gasteiger partial charge in [-0.1, -0.05) is 0 Å². The van der Waals surface area contributed by atoms with E-state index in [9.17, 15) is 18.9 Å². The molecule has 0 radical (unpaired) electrons. The molecular weight excluding hydrogens is 278 g/mol. The maximum atomic E-state index is 12.5. The van der Waals surface area contributed by atoms with Crippen LogP contribution in [0, 0.1) is 28.7 Å². The zero-order valence-electron chi connectivity index (χ0n) is 11.1. The number of aromatic amines is 1. The van der Waals surface area contributed by atoms with Crippen LogP contribution in [0.15, 0.2) is 48.7 Å². The molecule has 0 aliphatic carbocycles. The van der Waals surface area contributed by atoms with Gasteiger partial charge in [0, 0.05) is 17.3 Å². The number of nitro groups is 1. The Bertz CT molecular complexity index is 784. The third kappa shape index (κ3) is 3.62. The second-order valence-electron chi connectivity index (χ2n) is 4.40. The Morgan fingerprint density at radius 1 is 1.05 bits per heavy atom. The third-order valence-corrected chi connectivity index (χ3v) is 2.88. The van der Waals surface area contributed by atoms with E-state index in [1.807, 2.05) is 6.07 Å². The van der Waals surface area contributed by atoms with Crippen molar-refractivity contribution in [2.75, 3.05) is 0 Å². The monoisotopic (exact) mass is 290 g/mol. The number of nitrogens with one attached hydrogen (secondary N) is 1. The molecule has 0 unspecified atom stereocenters. The Morgan fingerprint density at radius 3 is 2.38 bits per heavy atom. The van der Waals surface area contributed by atoms with Gasteiger partial charge in [0.25, 0.3) is 5.69 Å². The van der Waals surface area contributed by atoms with E-state index in [4.69, 9.17) is 0 Å². The van der Waals surface area contributed by atoms with Crippen molar-refractivity contribution in [1.82, 2.24) is 4.98 Å². The van der Waals surface area contributed by atoms with Gasteiger partial charge >= 0.3 is 0 Å². The van der Waals surface area contributed by atoms with Gasteiger partial charge in [-0.3, -0.25) is 10.1 Å². The van der Waals surface area contributed by atoms with E-state index in [1.54, 1.807) is 19.2 Å². The summed E-state index contributed by atoms with van der Waals surface area (Å²) in [6.45, 7) is 1.57. The highest BCUT2D eigenvalue weighted by Gasteiger charge is 2.09. The smallest absolute Gasteiger partial charge is 0.275 e. The Hall–Kier alpha value is -2.76. The molecule has 1 heterocycles. The number of benzene rings is 2. The van der Waals surface area contributed by atoms with E-state index in [1.165, 1.54) is 24.3 Å². The zero-order valence-corrected chi connectivity index (χ0v) is 11.1. The minimum atomic E-state index is -0.599. The van der Waals surface area contributed by atoms with Crippen LogP contribution in [-0.2, 0) is 0 Å². The predicted octanol–water partition coefficient (Wildman–Crippen LogP) is 4.35. The molecule has 6 heteroatoms. The van der Waals surface area contributed by atoms with Crippen molar-refractivity contribution >= 4 is 16.6 Å². The molecule has 0 amide bonds. The van der Waals surface area contributed by atoms with E-state index < -0.39 is 10.7 Å². The number of fused-ring (bicyclic) bond motifs is 1. The van der Waals surface area contributed by atoms with Crippen LogP contribution in [-0.4, -0.2) is 9.91 Å². The van der Waals surface area contributed by atoms with Crippen molar-refractivity contribution in [3.63, 3.8) is 0 Å². The maximum Gasteiger partial charge on any atom is 0.275 e. The van der Waals surface area contributed by atoms with Crippen LogP contribution in [0.2, 0.25) is 0 Å². The summed E-state index contributed by atoms with van der Waals surface area (Å²) in [7, 11) is 0. The van der Waals surface area contributed by atoms with E-state index in [2.05, 4.69) is 4.98 Å². The summed E-state index contributed by atoms with van der Waals surface area (Å²) in [6.07, 6.45) is 1.80. The van der Waals surface area contributed by atoms with Crippen LogP contribution >= 0.6 is 0 Å². The Labute approximate surface area is 119 Å². The number of hydrogen-bond donors (Lipinski definition) is 1. The molecule has 0 saturated heterocycles. The van der Waals surface area contributed by atoms with E-state index in [-0.39, 0.29) is 11.5 Å². The zero-order chi connectivity index (χ0) is 15.4. The third-order valence-electron chi connectivity index (χ3n) is 2.88. The van der Waals surface area contributed by atoms with E-state index in [0.717, 1.165) is 17.0 Å². The molecule has 4 nitrogen and oxygen atoms in total. The summed E-state index contributed by atoms with van der Waals surface area (Å²) in [4.78, 5) is 12.5. The van der Waals surface area contributed by atoms with Crippen molar-refractivity contribution in [2.45, 2.75) is 6.92 Å². The SMILES string of the molecule is Cc1ccc(F)cc1[N+](=O)[O-].Fc1ccc2cc[nH]c2c1. The molecule has 3 rings (SSSR count). The first kappa shape index (κ1) is 14.6. The Kier molecular flexibility index (Phi) is 4.27. The maximum absolute atomic E-state index is 12.5. The summed E-state index contributed by atoms with van der Waals surface area (Å²) in [5.41, 5.74) is 1.14. The van der Waals surface area contributed by atoms with Gasteiger partial charge in [-0.2, -0.15) is 0 Å². The Balaban J connectivity index is 0.000000154. The van der Waals surface area contributed by atoms with Crippen LogP contribution in [0.1, 0.15) is 5.56 Å². The molecule has 0 fully saturated rings. The molecule has 0 saturated carbocycles. The molecule has 0 aliphatic rings. The quantitative estimate of drug-likeness (QED) is 0.535. The van der Waals surface area contributed by atoms with Gasteiger partial charge in [-0.05, 0) is 48.7 Å². The van der Waals surface area contributed by atoms with Crippen LogP contribution in [0.25, 0.3) is 10.9 Å². The number of rotatable bonds is 1. The number of hydrogen-bond acceptors (Lipinski definition) is 2. The molecule has 1 N–H and O–H groups in total. The van der Waals surface area contributed by atoms with Gasteiger partial charge in [-0.15, -0.1) is 0 Å². The molecule has 0 bridgehead atoms. The largest absolute Gasteiger partial charge is 0.361 e. The van der Waals surface area contributed by atoms with Crippen molar-refractivity contribution in [3.05, 3.63) is 76.0 Å². The second-order valence-corrected chi connectivity index (χ2v) is 4.40. The number of H-pyrrole nitrogens is 1. The van der Waals surface area contributed by atoms with Crippen LogP contribution in [0.4, 0.5) is 14.5 Å². The minimum Gasteiger partial charge on any atom is -0.361 e. The van der Waals surface area contributed by atoms with Crippen molar-refractivity contribution in [3.8, 4) is 0 Å². The highest BCUT2D eigenvalue weighted by atomic mass is 19.1. The van der Waals surface area contributed by atoms with Crippen molar-refractivity contribution in [1.29, 1.82) is 0 Å². The summed E-state index contributed by atoms with van der Waals surface area (Å²) < 4.78 is 24.9. The highest BCUT2D eigenvalue weighted by molar-refractivity contribution is 5.78. The van der Waals surface area contributed by atoms with E-state index >= 15 is 0 Å². The molecular formula is C15H12F2N2O2. The average molecular weight is 290 g/mol. The number of aromatic nitrogens is 1. The van der Waals surface area contributed by atoms with Crippen molar-refractivity contribution in [2.24, 2.45) is 0 Å². The normalized spacial score (nSPS) is 10.0. The second kappa shape index (κ2) is 6.13. The number of halogens is 2. The summed E-state index contributed by atoms with van der Waals surface area (Å²) >= 11 is 0. The van der Waals surface area contributed by atoms with Crippen LogP contribution in [0.5, 0.6) is 0 Å². The number of nitro benzene ring substituents is 1. The lowest BCUT2D eigenvalue weighted by atomic mass is 10.2. The number of aryl methyl sites for hydroxylation is 1. The summed E-state index contributed by atoms with van der Waals surface area (Å²) in [6, 6.07) is 10.1. The molecule has 21 heavy (non-hydrogen) atoms. The van der Waals surface area contributed by atoms with Crippen molar-refractivity contribution < 1.29 is 13.7 Å². The molecule has 0 atom stereocenters. The molecule has 0 aliphatic heterocycles. The first-order valence-electron chi connectivity index (χ1n) is 6.10. The van der Waals surface area contributed by atoms with Gasteiger partial charge in [0.15, 0.2) is 0 Å². The van der Waals surface area contributed by atoms with Crippen LogP contribution < -0.4 is 0 Å². The molecule has 1 aromatic heterocycles. The lowest BCUT2D eigenvalue weighted by molar-refractivity contribution is -0.385. The fraction of sp³-hybridized carbons (Fsp3) is 0.0667.